The van der Waals surface area contributed by atoms with E-state index in [1.165, 1.54) is 19.2 Å². The number of methoxy groups -OCH3 is 1. The first-order valence-corrected chi connectivity index (χ1v) is 10.6. The van der Waals surface area contributed by atoms with Crippen LogP contribution in [0, 0.1) is 0 Å². The predicted octanol–water partition coefficient (Wildman–Crippen LogP) is 2.24. The van der Waals surface area contributed by atoms with Crippen LogP contribution < -0.4 is 19.3 Å². The summed E-state index contributed by atoms with van der Waals surface area (Å²) in [6, 6.07) is 14.3. The number of carbonyl (C=O) groups excluding carboxylic acids is 1. The molecule has 2 aromatic rings. The molecule has 1 amide bonds. The Hall–Kier alpha value is -2.58. The second-order valence-electron chi connectivity index (χ2n) is 6.64. The molecule has 150 valence electrons. The van der Waals surface area contributed by atoms with Gasteiger partial charge in [0.15, 0.2) is 0 Å². The molecular formula is C20H25N3O4S. The van der Waals surface area contributed by atoms with Gasteiger partial charge in [-0.15, -0.1) is 0 Å². The molecule has 3 rings (SSSR count). The number of nitrogens with one attached hydrogen (secondary N) is 1. The highest BCUT2D eigenvalue weighted by Gasteiger charge is 2.26. The fraction of sp³-hybridized carbons (Fsp3) is 0.350. The van der Waals surface area contributed by atoms with Crippen LogP contribution in [0.2, 0.25) is 0 Å². The molecule has 0 aliphatic carbocycles. The van der Waals surface area contributed by atoms with Gasteiger partial charge in [0.05, 0.1) is 17.7 Å². The van der Waals surface area contributed by atoms with Crippen molar-refractivity contribution in [3.63, 3.8) is 0 Å². The third-order valence-electron chi connectivity index (χ3n) is 4.76. The zero-order valence-electron chi connectivity index (χ0n) is 16.1. The number of carbonyl (C=O) groups is 1. The maximum atomic E-state index is 12.7. The maximum absolute atomic E-state index is 12.7. The van der Waals surface area contributed by atoms with Crippen molar-refractivity contribution in [2.45, 2.75) is 17.7 Å². The van der Waals surface area contributed by atoms with E-state index in [0.717, 1.165) is 12.1 Å². The standard InChI is InChI=1S/C20H25N3O4S/c1-22(16-7-4-3-5-8-16)14-12-21-28(25,26)17-10-11-19(27-2)18(15-17)23-13-6-9-20(23)24/h3-5,7-8,10-11,15,21H,6,9,12-14H2,1-2H3. The molecule has 1 N–H and O–H groups in total. The Morgan fingerprint density at radius 3 is 2.57 bits per heavy atom. The van der Waals surface area contributed by atoms with Gasteiger partial charge >= 0.3 is 0 Å². The molecule has 0 unspecified atom stereocenters. The van der Waals surface area contributed by atoms with Crippen molar-refractivity contribution in [3.05, 3.63) is 48.5 Å². The summed E-state index contributed by atoms with van der Waals surface area (Å²) in [5.41, 5.74) is 1.51. The van der Waals surface area contributed by atoms with Crippen LogP contribution in [0.3, 0.4) is 0 Å². The first kappa shape index (κ1) is 20.2. The van der Waals surface area contributed by atoms with E-state index in [1.807, 2.05) is 42.3 Å². The third-order valence-corrected chi connectivity index (χ3v) is 6.22. The molecule has 8 heteroatoms. The topological polar surface area (TPSA) is 79.0 Å². The maximum Gasteiger partial charge on any atom is 0.240 e. The minimum atomic E-state index is -3.70. The monoisotopic (exact) mass is 403 g/mol. The lowest BCUT2D eigenvalue weighted by atomic mass is 10.2. The summed E-state index contributed by atoms with van der Waals surface area (Å²) in [5.74, 6) is 0.461. The highest BCUT2D eigenvalue weighted by molar-refractivity contribution is 7.89. The number of sulfonamides is 1. The molecular weight excluding hydrogens is 378 g/mol. The van der Waals surface area contributed by atoms with E-state index in [2.05, 4.69) is 4.72 Å². The molecule has 1 saturated heterocycles. The highest BCUT2D eigenvalue weighted by atomic mass is 32.2. The molecule has 0 bridgehead atoms. The van der Waals surface area contributed by atoms with Crippen molar-refractivity contribution in [1.82, 2.24) is 4.72 Å². The quantitative estimate of drug-likeness (QED) is 0.731. The second-order valence-corrected chi connectivity index (χ2v) is 8.40. The Morgan fingerprint density at radius 2 is 1.93 bits per heavy atom. The first-order chi connectivity index (χ1) is 13.4. The Labute approximate surface area is 166 Å². The van der Waals surface area contributed by atoms with Gasteiger partial charge in [0.2, 0.25) is 15.9 Å². The Bertz CT molecular complexity index is 932. The van der Waals surface area contributed by atoms with Crippen LogP contribution in [0.4, 0.5) is 11.4 Å². The number of hydrogen-bond acceptors (Lipinski definition) is 5. The smallest absolute Gasteiger partial charge is 0.240 e. The van der Waals surface area contributed by atoms with Gasteiger partial charge in [-0.3, -0.25) is 4.79 Å². The van der Waals surface area contributed by atoms with E-state index < -0.39 is 10.0 Å². The van der Waals surface area contributed by atoms with Crippen LogP contribution in [0.15, 0.2) is 53.4 Å². The molecule has 28 heavy (non-hydrogen) atoms. The van der Waals surface area contributed by atoms with Crippen LogP contribution in [0.1, 0.15) is 12.8 Å². The molecule has 2 aromatic carbocycles. The lowest BCUT2D eigenvalue weighted by Gasteiger charge is -2.21. The van der Waals surface area contributed by atoms with Crippen molar-refractivity contribution in [2.24, 2.45) is 0 Å². The molecule has 0 spiro atoms. The summed E-state index contributed by atoms with van der Waals surface area (Å²) in [6.07, 6.45) is 1.22. The SMILES string of the molecule is COc1ccc(S(=O)(=O)NCCN(C)c2ccccc2)cc1N1CCCC1=O. The van der Waals surface area contributed by atoms with Gasteiger partial charge in [0.25, 0.3) is 0 Å². The van der Waals surface area contributed by atoms with E-state index in [4.69, 9.17) is 4.74 Å². The fourth-order valence-electron chi connectivity index (χ4n) is 3.19. The lowest BCUT2D eigenvalue weighted by molar-refractivity contribution is -0.117. The van der Waals surface area contributed by atoms with Gasteiger partial charge in [-0.2, -0.15) is 0 Å². The first-order valence-electron chi connectivity index (χ1n) is 9.16. The van der Waals surface area contributed by atoms with Crippen LogP contribution >= 0.6 is 0 Å². The number of anilines is 2. The number of amides is 1. The molecule has 1 aliphatic heterocycles. The van der Waals surface area contributed by atoms with Gasteiger partial charge < -0.3 is 14.5 Å². The van der Waals surface area contributed by atoms with Crippen molar-refractivity contribution >= 4 is 27.3 Å². The summed E-state index contributed by atoms with van der Waals surface area (Å²) in [7, 11) is -0.287. The number of hydrogen-bond donors (Lipinski definition) is 1. The number of para-hydroxylation sites is 1. The van der Waals surface area contributed by atoms with Crippen LogP contribution in [-0.4, -0.2) is 48.1 Å². The lowest BCUT2D eigenvalue weighted by Crippen LogP contribution is -2.33. The van der Waals surface area contributed by atoms with Crippen molar-refractivity contribution < 1.29 is 17.9 Å². The van der Waals surface area contributed by atoms with Crippen molar-refractivity contribution in [3.8, 4) is 5.75 Å². The van der Waals surface area contributed by atoms with E-state index in [1.54, 1.807) is 11.0 Å². The zero-order valence-corrected chi connectivity index (χ0v) is 16.9. The number of benzene rings is 2. The Kier molecular flexibility index (Phi) is 6.21. The molecule has 7 nitrogen and oxygen atoms in total. The van der Waals surface area contributed by atoms with E-state index in [0.29, 0.717) is 30.9 Å². The minimum absolute atomic E-state index is 0.0229. The van der Waals surface area contributed by atoms with Gasteiger partial charge in [-0.1, -0.05) is 18.2 Å². The van der Waals surface area contributed by atoms with Gasteiger partial charge in [0.1, 0.15) is 5.75 Å². The number of rotatable bonds is 8. The number of nitrogens with zero attached hydrogens (tertiary/aromatic N) is 2. The molecule has 1 aliphatic rings. The van der Waals surface area contributed by atoms with Gasteiger partial charge in [0, 0.05) is 38.8 Å². The van der Waals surface area contributed by atoms with Crippen LogP contribution in [0.5, 0.6) is 5.75 Å². The predicted molar refractivity (Wildman–Crippen MR) is 109 cm³/mol. The van der Waals surface area contributed by atoms with Gasteiger partial charge in [-0.05, 0) is 36.8 Å². The van der Waals surface area contributed by atoms with Crippen molar-refractivity contribution in [1.29, 1.82) is 0 Å². The van der Waals surface area contributed by atoms with Gasteiger partial charge in [-0.25, -0.2) is 13.1 Å². The van der Waals surface area contributed by atoms with E-state index >= 15 is 0 Å². The van der Waals surface area contributed by atoms with Crippen LogP contribution in [0.25, 0.3) is 0 Å². The minimum Gasteiger partial charge on any atom is -0.495 e. The number of likely N-dealkylation sites (N-methyl/N-ethyl adjacent to an activating group) is 1. The van der Waals surface area contributed by atoms with E-state index in [-0.39, 0.29) is 17.3 Å². The number of ether oxygens (including phenoxy) is 1. The molecule has 0 radical (unpaired) electrons. The summed E-state index contributed by atoms with van der Waals surface area (Å²) in [6.45, 7) is 1.35. The van der Waals surface area contributed by atoms with E-state index in [9.17, 15) is 13.2 Å². The second kappa shape index (κ2) is 8.62. The fourth-order valence-corrected chi connectivity index (χ4v) is 4.23. The molecule has 0 aromatic heterocycles. The largest absolute Gasteiger partial charge is 0.495 e. The molecule has 0 saturated carbocycles. The summed E-state index contributed by atoms with van der Waals surface area (Å²) in [5, 5.41) is 0. The summed E-state index contributed by atoms with van der Waals surface area (Å²) in [4.78, 5) is 15.8. The molecule has 0 atom stereocenters. The highest BCUT2D eigenvalue weighted by Crippen LogP contribution is 2.33. The van der Waals surface area contributed by atoms with Crippen LogP contribution in [-0.2, 0) is 14.8 Å². The normalized spacial score (nSPS) is 14.4. The average Bonchev–Trinajstić information content (AvgIpc) is 3.13. The Balaban J connectivity index is 1.72. The van der Waals surface area contributed by atoms with Crippen molar-refractivity contribution in [2.75, 3.05) is 43.6 Å². The third kappa shape index (κ3) is 4.45. The molecule has 1 fully saturated rings. The molecule has 1 heterocycles. The summed E-state index contributed by atoms with van der Waals surface area (Å²) < 4.78 is 33.4. The summed E-state index contributed by atoms with van der Waals surface area (Å²) >= 11 is 0. The average molecular weight is 404 g/mol. The zero-order chi connectivity index (χ0) is 20.1. The Morgan fingerprint density at radius 1 is 1.18 bits per heavy atom.